The molecule has 0 fully saturated rings. The Kier molecular flexibility index (Phi) is 47.5. The molecule has 0 saturated carbocycles. The first-order valence-electron chi connectivity index (χ1n) is 25.0. The number of aliphatic hydroxyl groups excluding tert-OH is 1. The van der Waals surface area contributed by atoms with Gasteiger partial charge in [-0.25, -0.2) is 0 Å². The predicted molar refractivity (Wildman–Crippen MR) is 256 cm³/mol. The third-order valence-electron chi connectivity index (χ3n) is 10.8. The van der Waals surface area contributed by atoms with Gasteiger partial charge in [-0.05, 0) is 64.2 Å². The third-order valence-corrected chi connectivity index (χ3v) is 10.8. The summed E-state index contributed by atoms with van der Waals surface area (Å²) in [7, 11) is 0. The molecule has 0 aromatic rings. The van der Waals surface area contributed by atoms with Crippen molar-refractivity contribution in [2.45, 2.75) is 245 Å². The topological polar surface area (TPSA) is 72.8 Å². The average Bonchev–Trinajstić information content (AvgIpc) is 3.24. The molecule has 1 atom stereocenters. The Morgan fingerprint density at radius 3 is 1.10 bits per heavy atom. The highest BCUT2D eigenvalue weighted by Gasteiger charge is 2.16. The van der Waals surface area contributed by atoms with E-state index in [0.29, 0.717) is 12.8 Å². The van der Waals surface area contributed by atoms with Crippen LogP contribution in [0.2, 0.25) is 0 Å². The standard InChI is InChI=1S/C54H94O5/c1-3-5-7-9-11-13-15-17-19-21-23-25-27-29-31-33-35-37-39-41-43-45-47-49-54(57)59-52(50-55)51-58-53(56)48-46-44-42-40-38-36-34-32-30-28-26-24-22-20-18-16-14-12-10-8-6-4-2/h5,7,11,13,17,19,23,25,29,31,35,37,52,55H,3-4,6,8-10,12,14-16,18,20-22,24,26-28,30,32-34,36,38-51H2,1-2H3/b7-5-,13-11-,19-17-,25-23-,31-29-,37-35-. The van der Waals surface area contributed by atoms with Crippen LogP contribution in [0.25, 0.3) is 0 Å². The fourth-order valence-electron chi connectivity index (χ4n) is 7.03. The number of aliphatic hydroxyl groups is 1. The first-order chi connectivity index (χ1) is 29.1. The van der Waals surface area contributed by atoms with Crippen LogP contribution in [-0.2, 0) is 19.1 Å². The van der Waals surface area contributed by atoms with E-state index in [4.69, 9.17) is 9.47 Å². The molecular formula is C54H94O5. The molecule has 0 heterocycles. The molecule has 0 saturated heterocycles. The second kappa shape index (κ2) is 49.7. The Hall–Kier alpha value is -2.66. The highest BCUT2D eigenvalue weighted by molar-refractivity contribution is 5.70. The fraction of sp³-hybridized carbons (Fsp3) is 0.741. The Morgan fingerprint density at radius 1 is 0.407 bits per heavy atom. The zero-order chi connectivity index (χ0) is 42.8. The van der Waals surface area contributed by atoms with Crippen molar-refractivity contribution in [3.63, 3.8) is 0 Å². The van der Waals surface area contributed by atoms with Gasteiger partial charge < -0.3 is 14.6 Å². The molecule has 0 amide bonds. The lowest BCUT2D eigenvalue weighted by Crippen LogP contribution is -2.28. The molecule has 0 bridgehead atoms. The number of rotatable bonds is 45. The second-order valence-electron chi connectivity index (χ2n) is 16.5. The smallest absolute Gasteiger partial charge is 0.306 e. The molecule has 0 aromatic heterocycles. The molecule has 5 nitrogen and oxygen atoms in total. The number of allylic oxidation sites excluding steroid dienone is 12. The maximum Gasteiger partial charge on any atom is 0.306 e. The van der Waals surface area contributed by atoms with Crippen molar-refractivity contribution in [3.05, 3.63) is 72.9 Å². The maximum atomic E-state index is 12.3. The van der Waals surface area contributed by atoms with Gasteiger partial charge in [-0.3, -0.25) is 9.59 Å². The van der Waals surface area contributed by atoms with Crippen LogP contribution in [-0.4, -0.2) is 36.4 Å². The van der Waals surface area contributed by atoms with Crippen LogP contribution >= 0.6 is 0 Å². The number of unbranched alkanes of at least 4 members (excludes halogenated alkanes) is 25. The molecule has 5 heteroatoms. The van der Waals surface area contributed by atoms with Gasteiger partial charge in [0.1, 0.15) is 6.61 Å². The molecule has 0 aliphatic carbocycles. The minimum absolute atomic E-state index is 0.0770. The largest absolute Gasteiger partial charge is 0.462 e. The van der Waals surface area contributed by atoms with Crippen LogP contribution in [0, 0.1) is 0 Å². The molecule has 1 N–H and O–H groups in total. The highest BCUT2D eigenvalue weighted by atomic mass is 16.6. The highest BCUT2D eigenvalue weighted by Crippen LogP contribution is 2.16. The number of carbonyl (C=O) groups is 2. The Labute approximate surface area is 365 Å². The number of hydrogen-bond donors (Lipinski definition) is 1. The lowest BCUT2D eigenvalue weighted by Gasteiger charge is -2.15. The van der Waals surface area contributed by atoms with Gasteiger partial charge in [-0.15, -0.1) is 0 Å². The summed E-state index contributed by atoms with van der Waals surface area (Å²) in [4.78, 5) is 24.4. The molecule has 59 heavy (non-hydrogen) atoms. The molecule has 0 aromatic carbocycles. The van der Waals surface area contributed by atoms with Gasteiger partial charge in [-0.1, -0.05) is 234 Å². The zero-order valence-electron chi connectivity index (χ0n) is 38.7. The number of carbonyl (C=O) groups excluding carboxylic acids is 2. The van der Waals surface area contributed by atoms with Crippen LogP contribution in [0.1, 0.15) is 239 Å². The Balaban J connectivity index is 3.56. The van der Waals surface area contributed by atoms with Crippen LogP contribution in [0.5, 0.6) is 0 Å². The van der Waals surface area contributed by atoms with Crippen molar-refractivity contribution in [2.24, 2.45) is 0 Å². The van der Waals surface area contributed by atoms with Gasteiger partial charge in [0.2, 0.25) is 0 Å². The summed E-state index contributed by atoms with van der Waals surface area (Å²) in [6, 6.07) is 0. The van der Waals surface area contributed by atoms with Gasteiger partial charge >= 0.3 is 11.9 Å². The first kappa shape index (κ1) is 56.3. The fourth-order valence-corrected chi connectivity index (χ4v) is 7.03. The van der Waals surface area contributed by atoms with E-state index in [0.717, 1.165) is 89.9 Å². The van der Waals surface area contributed by atoms with E-state index in [-0.39, 0.29) is 25.2 Å². The lowest BCUT2D eigenvalue weighted by atomic mass is 10.0. The molecular weight excluding hydrogens is 729 g/mol. The van der Waals surface area contributed by atoms with Gasteiger partial charge in [-0.2, -0.15) is 0 Å². The molecule has 0 radical (unpaired) electrons. The molecule has 1 unspecified atom stereocenters. The zero-order valence-corrected chi connectivity index (χ0v) is 38.7. The van der Waals surface area contributed by atoms with E-state index < -0.39 is 6.10 Å². The normalized spacial score (nSPS) is 12.8. The van der Waals surface area contributed by atoms with Crippen LogP contribution in [0.4, 0.5) is 0 Å². The van der Waals surface area contributed by atoms with Crippen LogP contribution < -0.4 is 0 Å². The Morgan fingerprint density at radius 2 is 0.729 bits per heavy atom. The molecule has 0 spiro atoms. The summed E-state index contributed by atoms with van der Waals surface area (Å²) in [6.45, 7) is 4.03. The van der Waals surface area contributed by atoms with Gasteiger partial charge in [0.05, 0.1) is 6.61 Å². The maximum absolute atomic E-state index is 12.3. The van der Waals surface area contributed by atoms with Crippen LogP contribution in [0.15, 0.2) is 72.9 Å². The first-order valence-corrected chi connectivity index (χ1v) is 25.0. The quantitative estimate of drug-likeness (QED) is 0.0376. The second-order valence-corrected chi connectivity index (χ2v) is 16.5. The summed E-state index contributed by atoms with van der Waals surface area (Å²) in [5.41, 5.74) is 0. The van der Waals surface area contributed by atoms with E-state index >= 15 is 0 Å². The third kappa shape index (κ3) is 47.9. The average molecular weight is 823 g/mol. The number of ether oxygens (including phenoxy) is 2. The number of hydrogen-bond acceptors (Lipinski definition) is 5. The van der Waals surface area contributed by atoms with Crippen molar-refractivity contribution in [2.75, 3.05) is 13.2 Å². The van der Waals surface area contributed by atoms with E-state index in [2.05, 4.69) is 86.8 Å². The number of esters is 2. The summed E-state index contributed by atoms with van der Waals surface area (Å²) in [6.07, 6.45) is 67.0. The molecule has 340 valence electrons. The summed E-state index contributed by atoms with van der Waals surface area (Å²) in [5, 5.41) is 9.62. The van der Waals surface area contributed by atoms with E-state index in [9.17, 15) is 14.7 Å². The predicted octanol–water partition coefficient (Wildman–Crippen LogP) is 16.5. The van der Waals surface area contributed by atoms with Crippen molar-refractivity contribution < 1.29 is 24.2 Å². The Bertz CT molecular complexity index is 1070. The molecule has 0 rings (SSSR count). The van der Waals surface area contributed by atoms with Gasteiger partial charge in [0, 0.05) is 12.8 Å². The summed E-state index contributed by atoms with van der Waals surface area (Å²) in [5.74, 6) is -0.615. The molecule has 0 aliphatic rings. The van der Waals surface area contributed by atoms with Crippen LogP contribution in [0.3, 0.4) is 0 Å². The van der Waals surface area contributed by atoms with Gasteiger partial charge in [0.25, 0.3) is 0 Å². The minimum atomic E-state index is -0.788. The van der Waals surface area contributed by atoms with Crippen molar-refractivity contribution in [1.82, 2.24) is 0 Å². The van der Waals surface area contributed by atoms with E-state index in [1.807, 2.05) is 0 Å². The van der Waals surface area contributed by atoms with Gasteiger partial charge in [0.15, 0.2) is 6.10 Å². The van der Waals surface area contributed by atoms with Crippen molar-refractivity contribution in [1.29, 1.82) is 0 Å². The minimum Gasteiger partial charge on any atom is -0.462 e. The monoisotopic (exact) mass is 823 g/mol. The van der Waals surface area contributed by atoms with Crippen molar-refractivity contribution in [3.8, 4) is 0 Å². The summed E-state index contributed by atoms with van der Waals surface area (Å²) >= 11 is 0. The van der Waals surface area contributed by atoms with Crippen molar-refractivity contribution >= 4 is 11.9 Å². The van der Waals surface area contributed by atoms with E-state index in [1.54, 1.807) is 0 Å². The SMILES string of the molecule is CC/C=C\C/C=C\C/C=C\C/C=C\C/C=C\C/C=C\CCCCCCC(=O)OC(CO)COC(=O)CCCCCCCCCCCCCCCCCCCCCCCC. The van der Waals surface area contributed by atoms with E-state index in [1.165, 1.54) is 122 Å². The summed E-state index contributed by atoms with van der Waals surface area (Å²) < 4.78 is 10.7. The lowest BCUT2D eigenvalue weighted by molar-refractivity contribution is -0.161. The molecule has 0 aliphatic heterocycles.